The van der Waals surface area contributed by atoms with E-state index in [2.05, 4.69) is 27.7 Å². The molecule has 35 heavy (non-hydrogen) atoms. The minimum atomic E-state index is -0.0485. The van der Waals surface area contributed by atoms with E-state index in [1.807, 2.05) is 23.0 Å². The molecule has 0 saturated carbocycles. The average molecular weight is 529 g/mol. The lowest BCUT2D eigenvalue weighted by Gasteiger charge is -2.25. The number of imidazole rings is 2. The summed E-state index contributed by atoms with van der Waals surface area (Å²) in [4.78, 5) is 0. The molecule has 0 saturated heterocycles. The molecule has 200 valence electrons. The maximum absolute atomic E-state index is 10.2. The lowest BCUT2D eigenvalue weighted by atomic mass is 9.89. The number of hydrogen-bond donors (Lipinski definition) is 2. The SMILES string of the molecule is CCn1cc(O)n(CC(C)(C)CCOCCCOCCC(C)(C)Cn2c(O)cn(CC)c2=S)c1=S. The molecule has 2 aromatic heterocycles. The van der Waals surface area contributed by atoms with Crippen LogP contribution in [0.4, 0.5) is 0 Å². The molecule has 0 atom stereocenters. The topological polar surface area (TPSA) is 78.6 Å². The van der Waals surface area contributed by atoms with Gasteiger partial charge < -0.3 is 28.8 Å². The van der Waals surface area contributed by atoms with Gasteiger partial charge in [0.25, 0.3) is 0 Å². The molecular weight excluding hydrogens is 484 g/mol. The fraction of sp³-hybridized carbons (Fsp3) is 0.760. The van der Waals surface area contributed by atoms with E-state index in [0.717, 1.165) is 32.4 Å². The van der Waals surface area contributed by atoms with Crippen molar-refractivity contribution in [3.05, 3.63) is 21.9 Å². The lowest BCUT2D eigenvalue weighted by molar-refractivity contribution is 0.0568. The summed E-state index contributed by atoms with van der Waals surface area (Å²) in [6.45, 7) is 18.1. The number of hydrogen-bond acceptors (Lipinski definition) is 6. The Morgan fingerprint density at radius 3 is 1.40 bits per heavy atom. The molecule has 0 bridgehead atoms. The monoisotopic (exact) mass is 528 g/mol. The quantitative estimate of drug-likeness (QED) is 0.213. The molecule has 0 spiro atoms. The van der Waals surface area contributed by atoms with E-state index < -0.39 is 0 Å². The third kappa shape index (κ3) is 8.77. The van der Waals surface area contributed by atoms with Crippen LogP contribution >= 0.6 is 24.4 Å². The number of aromatic nitrogens is 4. The predicted octanol–water partition coefficient (Wildman–Crippen LogP) is 5.76. The van der Waals surface area contributed by atoms with Crippen molar-refractivity contribution in [2.24, 2.45) is 10.8 Å². The summed E-state index contributed by atoms with van der Waals surface area (Å²) in [5.74, 6) is 0.427. The van der Waals surface area contributed by atoms with Crippen LogP contribution < -0.4 is 0 Å². The molecule has 10 heteroatoms. The summed E-state index contributed by atoms with van der Waals surface area (Å²) in [6, 6.07) is 0. The Hall–Kier alpha value is -1.62. The molecule has 0 aromatic carbocycles. The number of nitrogens with zero attached hydrogens (tertiary/aromatic N) is 4. The molecule has 0 amide bonds. The Balaban J connectivity index is 1.62. The molecule has 0 aliphatic carbocycles. The van der Waals surface area contributed by atoms with Gasteiger partial charge in [-0.15, -0.1) is 0 Å². The second-order valence-electron chi connectivity index (χ2n) is 10.7. The van der Waals surface area contributed by atoms with Crippen molar-refractivity contribution < 1.29 is 19.7 Å². The van der Waals surface area contributed by atoms with Gasteiger partial charge in [0.1, 0.15) is 0 Å². The molecule has 2 aromatic rings. The van der Waals surface area contributed by atoms with Crippen molar-refractivity contribution in [3.8, 4) is 11.8 Å². The van der Waals surface area contributed by atoms with Crippen molar-refractivity contribution in [2.45, 2.75) is 87.0 Å². The van der Waals surface area contributed by atoms with Crippen molar-refractivity contribution in [2.75, 3.05) is 26.4 Å². The van der Waals surface area contributed by atoms with Gasteiger partial charge in [-0.3, -0.25) is 9.13 Å². The van der Waals surface area contributed by atoms with E-state index >= 15 is 0 Å². The lowest BCUT2D eigenvalue weighted by Crippen LogP contribution is -2.22. The van der Waals surface area contributed by atoms with Crippen LogP contribution in [0, 0.1) is 20.4 Å². The first-order valence-electron chi connectivity index (χ1n) is 12.5. The molecule has 0 radical (unpaired) electrons. The van der Waals surface area contributed by atoms with E-state index in [1.165, 1.54) is 0 Å². The second kappa shape index (κ2) is 13.1. The highest BCUT2D eigenvalue weighted by molar-refractivity contribution is 7.71. The molecular formula is C25H44N4O4S2. The van der Waals surface area contributed by atoms with Crippen LogP contribution in [0.2, 0.25) is 0 Å². The van der Waals surface area contributed by atoms with Crippen molar-refractivity contribution in [1.29, 1.82) is 0 Å². The summed E-state index contributed by atoms with van der Waals surface area (Å²) >= 11 is 10.9. The van der Waals surface area contributed by atoms with E-state index in [-0.39, 0.29) is 22.6 Å². The fourth-order valence-corrected chi connectivity index (χ4v) is 4.64. The molecule has 2 rings (SSSR count). The zero-order valence-electron chi connectivity index (χ0n) is 22.2. The third-order valence-electron chi connectivity index (χ3n) is 6.33. The van der Waals surface area contributed by atoms with Crippen LogP contribution in [-0.4, -0.2) is 54.9 Å². The maximum atomic E-state index is 10.2. The third-order valence-corrected chi connectivity index (χ3v) is 7.24. The van der Waals surface area contributed by atoms with Crippen LogP contribution in [0.3, 0.4) is 0 Å². The van der Waals surface area contributed by atoms with Gasteiger partial charge in [0.2, 0.25) is 11.8 Å². The van der Waals surface area contributed by atoms with Gasteiger partial charge in [0, 0.05) is 52.6 Å². The molecule has 0 aliphatic rings. The largest absolute Gasteiger partial charge is 0.493 e. The van der Waals surface area contributed by atoms with Crippen LogP contribution in [-0.2, 0) is 35.7 Å². The summed E-state index contributed by atoms with van der Waals surface area (Å²) in [5.41, 5.74) is -0.0969. The molecule has 0 aliphatic heterocycles. The number of ether oxygens (including phenoxy) is 2. The first-order chi connectivity index (χ1) is 16.4. The summed E-state index contributed by atoms with van der Waals surface area (Å²) in [5, 5.41) is 20.4. The van der Waals surface area contributed by atoms with Crippen LogP contribution in [0.25, 0.3) is 0 Å². The Bertz CT molecular complexity index is 967. The zero-order valence-corrected chi connectivity index (χ0v) is 23.9. The van der Waals surface area contributed by atoms with Gasteiger partial charge in [-0.2, -0.15) is 0 Å². The van der Waals surface area contributed by atoms with E-state index in [1.54, 1.807) is 21.5 Å². The number of aromatic hydroxyl groups is 2. The average Bonchev–Trinajstić information content (AvgIpc) is 3.21. The van der Waals surface area contributed by atoms with Gasteiger partial charge in [-0.1, -0.05) is 27.7 Å². The van der Waals surface area contributed by atoms with Gasteiger partial charge in [0.05, 0.1) is 12.4 Å². The zero-order chi connectivity index (χ0) is 26.2. The molecule has 8 nitrogen and oxygen atoms in total. The van der Waals surface area contributed by atoms with Crippen LogP contribution in [0.1, 0.15) is 60.8 Å². The highest BCUT2D eigenvalue weighted by Gasteiger charge is 2.22. The van der Waals surface area contributed by atoms with Crippen LogP contribution in [0.15, 0.2) is 12.4 Å². The van der Waals surface area contributed by atoms with E-state index in [4.69, 9.17) is 33.9 Å². The Morgan fingerprint density at radius 2 is 1.09 bits per heavy atom. The molecule has 2 heterocycles. The van der Waals surface area contributed by atoms with Crippen molar-refractivity contribution in [1.82, 2.24) is 18.3 Å². The highest BCUT2D eigenvalue weighted by atomic mass is 32.1. The first-order valence-corrected chi connectivity index (χ1v) is 13.4. The standard InChI is InChI=1S/C25H44N4O4S2/c1-7-26-16-20(30)28(22(26)34)18-24(3,4)10-14-32-12-9-13-33-15-11-25(5,6)19-29-21(31)17-27(8-2)23(29)35/h16-17,30-31H,7-15,18-19H2,1-6H3. The Labute approximate surface area is 220 Å². The molecule has 0 fully saturated rings. The second-order valence-corrected chi connectivity index (χ2v) is 11.4. The van der Waals surface area contributed by atoms with Gasteiger partial charge in [-0.05, 0) is 68.4 Å². The predicted molar refractivity (Wildman–Crippen MR) is 144 cm³/mol. The first kappa shape index (κ1) is 29.6. The molecule has 2 N–H and O–H groups in total. The minimum absolute atomic E-state index is 0.0485. The minimum Gasteiger partial charge on any atom is -0.493 e. The maximum Gasteiger partial charge on any atom is 0.210 e. The highest BCUT2D eigenvalue weighted by Crippen LogP contribution is 2.27. The van der Waals surface area contributed by atoms with E-state index in [0.29, 0.717) is 49.1 Å². The normalized spacial score (nSPS) is 12.5. The summed E-state index contributed by atoms with van der Waals surface area (Å²) in [7, 11) is 0. The Morgan fingerprint density at radius 1 is 0.714 bits per heavy atom. The summed E-state index contributed by atoms with van der Waals surface area (Å²) in [6.07, 6.45) is 5.97. The number of rotatable bonds is 16. The smallest absolute Gasteiger partial charge is 0.210 e. The van der Waals surface area contributed by atoms with Gasteiger partial charge in [0.15, 0.2) is 9.54 Å². The van der Waals surface area contributed by atoms with Crippen molar-refractivity contribution in [3.63, 3.8) is 0 Å². The van der Waals surface area contributed by atoms with Gasteiger partial charge >= 0.3 is 0 Å². The van der Waals surface area contributed by atoms with Crippen LogP contribution in [0.5, 0.6) is 11.8 Å². The molecule has 0 unspecified atom stereocenters. The van der Waals surface area contributed by atoms with Crippen molar-refractivity contribution >= 4 is 24.4 Å². The Kier molecular flexibility index (Phi) is 11.1. The van der Waals surface area contributed by atoms with Gasteiger partial charge in [-0.25, -0.2) is 0 Å². The summed E-state index contributed by atoms with van der Waals surface area (Å²) < 4.78 is 20.3. The fourth-order valence-electron chi connectivity index (χ4n) is 3.96. The van der Waals surface area contributed by atoms with E-state index in [9.17, 15) is 10.2 Å². The number of aryl methyl sites for hydroxylation is 2.